The molecule has 1 aromatic heterocycles. The number of benzene rings is 1. The molecule has 0 bridgehead atoms. The Labute approximate surface area is 142 Å². The number of amides is 1. The largest absolute Gasteiger partial charge is 0.492 e. The third kappa shape index (κ3) is 2.79. The van der Waals surface area contributed by atoms with Crippen LogP contribution in [0.25, 0.3) is 0 Å². The Morgan fingerprint density at radius 3 is 3.04 bits per heavy atom. The van der Waals surface area contributed by atoms with E-state index in [1.165, 1.54) is 0 Å². The molecule has 1 amide bonds. The van der Waals surface area contributed by atoms with Crippen LogP contribution in [-0.4, -0.2) is 40.1 Å². The van der Waals surface area contributed by atoms with Crippen molar-refractivity contribution < 1.29 is 9.53 Å². The summed E-state index contributed by atoms with van der Waals surface area (Å²) in [6.07, 6.45) is 6.78. The van der Waals surface area contributed by atoms with E-state index in [1.807, 2.05) is 42.4 Å². The number of rotatable bonds is 2. The number of hydrogen-bond acceptors (Lipinski definition) is 3. The Bertz CT molecular complexity index is 740. The van der Waals surface area contributed by atoms with E-state index in [4.69, 9.17) is 4.74 Å². The number of nitrogens with zero attached hydrogens (tertiary/aromatic N) is 3. The predicted octanol–water partition coefficient (Wildman–Crippen LogP) is 2.61. The lowest BCUT2D eigenvalue weighted by Gasteiger charge is -2.36. The van der Waals surface area contributed by atoms with Gasteiger partial charge in [0.05, 0.1) is 12.0 Å². The van der Waals surface area contributed by atoms with Crippen molar-refractivity contribution in [1.82, 2.24) is 14.5 Å². The van der Waals surface area contributed by atoms with Crippen molar-refractivity contribution in [2.45, 2.75) is 32.2 Å². The van der Waals surface area contributed by atoms with Gasteiger partial charge in [-0.15, -0.1) is 0 Å². The van der Waals surface area contributed by atoms with E-state index in [0.717, 1.165) is 49.5 Å². The highest BCUT2D eigenvalue weighted by atomic mass is 16.5. The van der Waals surface area contributed by atoms with Crippen LogP contribution in [0.2, 0.25) is 0 Å². The number of imidazole rings is 1. The summed E-state index contributed by atoms with van der Waals surface area (Å²) in [6.45, 7) is 4.13. The minimum atomic E-state index is -0.0671. The number of ether oxygens (including phenoxy) is 1. The monoisotopic (exact) mass is 325 g/mol. The average molecular weight is 325 g/mol. The Kier molecular flexibility index (Phi) is 4.00. The summed E-state index contributed by atoms with van der Waals surface area (Å²) in [5.74, 6) is 2.10. The van der Waals surface area contributed by atoms with Gasteiger partial charge in [0.1, 0.15) is 18.2 Å². The lowest BCUT2D eigenvalue weighted by Crippen LogP contribution is -2.46. The summed E-state index contributed by atoms with van der Waals surface area (Å²) < 4.78 is 8.00. The number of carbonyl (C=O) groups is 1. The molecule has 24 heavy (non-hydrogen) atoms. The molecule has 2 atom stereocenters. The number of aryl methyl sites for hydroxylation is 1. The van der Waals surface area contributed by atoms with Gasteiger partial charge in [-0.25, -0.2) is 4.98 Å². The van der Waals surface area contributed by atoms with Crippen LogP contribution >= 0.6 is 0 Å². The van der Waals surface area contributed by atoms with Gasteiger partial charge in [-0.1, -0.05) is 18.2 Å². The van der Waals surface area contributed by atoms with Crippen LogP contribution in [0.4, 0.5) is 0 Å². The molecule has 2 aromatic rings. The first-order valence-electron chi connectivity index (χ1n) is 8.71. The standard InChI is InChI=1S/C19H23N3O2/c1-14-20-8-10-22(14)17-6-4-9-21(12-17)19(23)16-11-15-5-2-3-7-18(15)24-13-16/h2-3,5,7-8,10,16-17H,4,6,9,11-13H2,1H3. The van der Waals surface area contributed by atoms with E-state index < -0.39 is 0 Å². The molecule has 2 aliphatic rings. The second-order valence-corrected chi connectivity index (χ2v) is 6.78. The van der Waals surface area contributed by atoms with Crippen molar-refractivity contribution in [1.29, 1.82) is 0 Å². The number of fused-ring (bicyclic) bond motifs is 1. The molecule has 1 fully saturated rings. The van der Waals surface area contributed by atoms with Gasteiger partial charge >= 0.3 is 0 Å². The Balaban J connectivity index is 1.46. The predicted molar refractivity (Wildman–Crippen MR) is 90.9 cm³/mol. The second-order valence-electron chi connectivity index (χ2n) is 6.78. The smallest absolute Gasteiger partial charge is 0.229 e. The zero-order valence-corrected chi connectivity index (χ0v) is 14.0. The van der Waals surface area contributed by atoms with Crippen LogP contribution in [0.15, 0.2) is 36.7 Å². The summed E-state index contributed by atoms with van der Waals surface area (Å²) in [4.78, 5) is 19.3. The van der Waals surface area contributed by atoms with Crippen LogP contribution in [0, 0.1) is 12.8 Å². The van der Waals surface area contributed by atoms with E-state index >= 15 is 0 Å². The second kappa shape index (κ2) is 6.30. The van der Waals surface area contributed by atoms with Crippen LogP contribution in [0.3, 0.4) is 0 Å². The van der Waals surface area contributed by atoms with Gasteiger partial charge in [0, 0.05) is 25.5 Å². The fourth-order valence-electron chi connectivity index (χ4n) is 3.90. The maximum atomic E-state index is 13.0. The van der Waals surface area contributed by atoms with Gasteiger partial charge in [0.15, 0.2) is 0 Å². The fraction of sp³-hybridized carbons (Fsp3) is 0.474. The summed E-state index contributed by atoms with van der Waals surface area (Å²) >= 11 is 0. The lowest BCUT2D eigenvalue weighted by molar-refractivity contribution is -0.138. The highest BCUT2D eigenvalue weighted by molar-refractivity contribution is 5.80. The fourth-order valence-corrected chi connectivity index (χ4v) is 3.90. The summed E-state index contributed by atoms with van der Waals surface area (Å²) in [5.41, 5.74) is 1.14. The zero-order valence-electron chi connectivity index (χ0n) is 14.0. The Hall–Kier alpha value is -2.30. The van der Waals surface area contributed by atoms with E-state index in [-0.39, 0.29) is 11.8 Å². The number of aromatic nitrogens is 2. The maximum Gasteiger partial charge on any atom is 0.229 e. The molecule has 3 heterocycles. The molecule has 4 rings (SSSR count). The van der Waals surface area contributed by atoms with E-state index in [9.17, 15) is 4.79 Å². The van der Waals surface area contributed by atoms with Gasteiger partial charge in [-0.05, 0) is 37.8 Å². The topological polar surface area (TPSA) is 47.4 Å². The van der Waals surface area contributed by atoms with Crippen molar-refractivity contribution in [2.24, 2.45) is 5.92 Å². The first-order valence-corrected chi connectivity index (χ1v) is 8.71. The molecule has 5 heteroatoms. The highest BCUT2D eigenvalue weighted by Crippen LogP contribution is 2.29. The minimum Gasteiger partial charge on any atom is -0.492 e. The van der Waals surface area contributed by atoms with Crippen molar-refractivity contribution in [3.63, 3.8) is 0 Å². The van der Waals surface area contributed by atoms with Gasteiger partial charge in [-0.3, -0.25) is 4.79 Å². The molecule has 0 N–H and O–H groups in total. The van der Waals surface area contributed by atoms with E-state index in [0.29, 0.717) is 12.6 Å². The molecule has 0 aliphatic carbocycles. The summed E-state index contributed by atoms with van der Waals surface area (Å²) in [6, 6.07) is 8.36. The lowest BCUT2D eigenvalue weighted by atomic mass is 9.94. The molecular weight excluding hydrogens is 302 g/mol. The number of carbonyl (C=O) groups excluding carboxylic acids is 1. The van der Waals surface area contributed by atoms with Gasteiger partial charge in [0.2, 0.25) is 5.91 Å². The van der Waals surface area contributed by atoms with Crippen LogP contribution in [0.5, 0.6) is 5.75 Å². The molecule has 0 spiro atoms. The van der Waals surface area contributed by atoms with Gasteiger partial charge in [0.25, 0.3) is 0 Å². The van der Waals surface area contributed by atoms with Crippen molar-refractivity contribution in [3.8, 4) is 5.75 Å². The number of likely N-dealkylation sites (tertiary alicyclic amines) is 1. The number of piperidine rings is 1. The molecule has 1 saturated heterocycles. The molecule has 2 unspecified atom stereocenters. The van der Waals surface area contributed by atoms with Crippen molar-refractivity contribution in [2.75, 3.05) is 19.7 Å². The molecule has 126 valence electrons. The quantitative estimate of drug-likeness (QED) is 0.853. The molecular formula is C19H23N3O2. The first-order chi connectivity index (χ1) is 11.7. The normalized spacial score (nSPS) is 23.5. The Morgan fingerprint density at radius 1 is 1.33 bits per heavy atom. The zero-order chi connectivity index (χ0) is 16.5. The molecule has 2 aliphatic heterocycles. The molecule has 1 aromatic carbocycles. The van der Waals surface area contributed by atoms with Crippen LogP contribution in [0.1, 0.15) is 30.3 Å². The van der Waals surface area contributed by atoms with Crippen molar-refractivity contribution in [3.05, 3.63) is 48.0 Å². The van der Waals surface area contributed by atoms with Crippen LogP contribution in [-0.2, 0) is 11.2 Å². The first kappa shape index (κ1) is 15.2. The minimum absolute atomic E-state index is 0.0671. The highest BCUT2D eigenvalue weighted by Gasteiger charge is 2.32. The number of hydrogen-bond donors (Lipinski definition) is 0. The average Bonchev–Trinajstić information content (AvgIpc) is 3.07. The van der Waals surface area contributed by atoms with E-state index in [1.54, 1.807) is 0 Å². The summed E-state index contributed by atoms with van der Waals surface area (Å²) in [5, 5.41) is 0. The maximum absolute atomic E-state index is 13.0. The van der Waals surface area contributed by atoms with Crippen LogP contribution < -0.4 is 4.74 Å². The molecule has 0 radical (unpaired) electrons. The summed E-state index contributed by atoms with van der Waals surface area (Å²) in [7, 11) is 0. The van der Waals surface area contributed by atoms with E-state index in [2.05, 4.69) is 15.6 Å². The SMILES string of the molecule is Cc1nccn1C1CCCN(C(=O)C2COc3ccccc3C2)C1. The van der Waals surface area contributed by atoms with Gasteiger partial charge < -0.3 is 14.2 Å². The third-order valence-electron chi connectivity index (χ3n) is 5.19. The third-order valence-corrected chi connectivity index (χ3v) is 5.19. The molecule has 0 saturated carbocycles. The molecule has 5 nitrogen and oxygen atoms in total. The van der Waals surface area contributed by atoms with Gasteiger partial charge in [-0.2, -0.15) is 0 Å². The Morgan fingerprint density at radius 2 is 2.21 bits per heavy atom. The van der Waals surface area contributed by atoms with Crippen molar-refractivity contribution >= 4 is 5.91 Å². The number of para-hydroxylation sites is 1.